The van der Waals surface area contributed by atoms with Gasteiger partial charge < -0.3 is 24.8 Å². The van der Waals surface area contributed by atoms with Crippen LogP contribution in [-0.2, 0) is 33.4 Å². The van der Waals surface area contributed by atoms with Crippen molar-refractivity contribution in [3.8, 4) is 0 Å². The van der Waals surface area contributed by atoms with Gasteiger partial charge in [0.05, 0.1) is 24.4 Å². The Balaban J connectivity index is 3.13. The highest BCUT2D eigenvalue weighted by molar-refractivity contribution is 6.05. The molecule has 1 amide bonds. The highest BCUT2D eigenvalue weighted by Crippen LogP contribution is 2.32. The van der Waals surface area contributed by atoms with E-state index >= 15 is 0 Å². The van der Waals surface area contributed by atoms with Gasteiger partial charge in [0.2, 0.25) is 0 Å². The smallest absolute Gasteiger partial charge is 0.337 e. The second-order valence-electron chi connectivity index (χ2n) is 6.39. The van der Waals surface area contributed by atoms with Crippen molar-refractivity contribution in [3.05, 3.63) is 22.5 Å². The molecule has 29 heavy (non-hydrogen) atoms. The number of allylic oxidation sites excluding steroid dienone is 2. The molecular weight excluding hydrogens is 380 g/mol. The lowest BCUT2D eigenvalue weighted by Gasteiger charge is -2.28. The molecule has 0 saturated carbocycles. The Hall–Kier alpha value is -2.84. The topological polar surface area (TPSA) is 120 Å². The number of ether oxygens (including phenoxy) is 3. The lowest BCUT2D eigenvalue weighted by atomic mass is 9.85. The summed E-state index contributed by atoms with van der Waals surface area (Å²) in [6.45, 7) is 8.57. The first kappa shape index (κ1) is 24.2. The standard InChI is InChI=1S/C20H30N2O7/c1-6-9-10-21-14(23)11-29-20(26)17-15(18(24)27-7-2)12(4)22-13(5)16(17)19(25)28-8-3/h17,22H,6-11H2,1-5H3,(H,21,23). The number of esters is 3. The molecule has 0 radical (unpaired) electrons. The summed E-state index contributed by atoms with van der Waals surface area (Å²) in [6.07, 6.45) is 1.72. The summed E-state index contributed by atoms with van der Waals surface area (Å²) in [6, 6.07) is 0. The molecule has 2 N–H and O–H groups in total. The zero-order valence-corrected chi connectivity index (χ0v) is 17.7. The molecule has 162 valence electrons. The third-order valence-corrected chi connectivity index (χ3v) is 4.18. The van der Waals surface area contributed by atoms with Gasteiger partial charge in [0.25, 0.3) is 5.91 Å². The predicted molar refractivity (Wildman–Crippen MR) is 104 cm³/mol. The molecule has 0 aromatic heterocycles. The number of carbonyl (C=O) groups excluding carboxylic acids is 4. The molecule has 1 heterocycles. The van der Waals surface area contributed by atoms with Crippen LogP contribution in [0.25, 0.3) is 0 Å². The Labute approximate surface area is 170 Å². The number of amides is 1. The monoisotopic (exact) mass is 410 g/mol. The van der Waals surface area contributed by atoms with Crippen LogP contribution in [0.5, 0.6) is 0 Å². The quantitative estimate of drug-likeness (QED) is 0.314. The van der Waals surface area contributed by atoms with E-state index in [1.807, 2.05) is 6.92 Å². The number of carbonyl (C=O) groups is 4. The van der Waals surface area contributed by atoms with Crippen LogP contribution in [0, 0.1) is 5.92 Å². The molecule has 9 heteroatoms. The highest BCUT2D eigenvalue weighted by Gasteiger charge is 2.42. The van der Waals surface area contributed by atoms with Crippen molar-refractivity contribution in [3.63, 3.8) is 0 Å². The van der Waals surface area contributed by atoms with E-state index in [2.05, 4.69) is 10.6 Å². The Bertz CT molecular complexity index is 670. The van der Waals surface area contributed by atoms with Crippen LogP contribution >= 0.6 is 0 Å². The fourth-order valence-corrected chi connectivity index (χ4v) is 2.86. The van der Waals surface area contributed by atoms with E-state index in [9.17, 15) is 19.2 Å². The maximum atomic E-state index is 12.8. The average Bonchev–Trinajstić information content (AvgIpc) is 2.65. The van der Waals surface area contributed by atoms with E-state index in [4.69, 9.17) is 14.2 Å². The predicted octanol–water partition coefficient (Wildman–Crippen LogP) is 1.34. The summed E-state index contributed by atoms with van der Waals surface area (Å²) in [7, 11) is 0. The van der Waals surface area contributed by atoms with E-state index in [0.29, 0.717) is 17.9 Å². The van der Waals surface area contributed by atoms with Crippen LogP contribution < -0.4 is 10.6 Å². The molecule has 0 spiro atoms. The van der Waals surface area contributed by atoms with Gasteiger partial charge in [-0.25, -0.2) is 9.59 Å². The molecule has 1 aliphatic rings. The molecule has 0 atom stereocenters. The SMILES string of the molecule is CCCCNC(=O)COC(=O)C1C(C(=O)OCC)=C(C)NC(C)=C1C(=O)OCC. The Kier molecular flexibility index (Phi) is 9.91. The van der Waals surface area contributed by atoms with Gasteiger partial charge in [-0.05, 0) is 34.1 Å². The van der Waals surface area contributed by atoms with Gasteiger partial charge >= 0.3 is 17.9 Å². The van der Waals surface area contributed by atoms with E-state index in [0.717, 1.165) is 12.8 Å². The summed E-state index contributed by atoms with van der Waals surface area (Å²) in [4.78, 5) is 49.7. The number of unbranched alkanes of at least 4 members (excludes halogenated alkanes) is 1. The molecule has 9 nitrogen and oxygen atoms in total. The maximum absolute atomic E-state index is 12.8. The molecule has 0 bridgehead atoms. The molecule has 0 fully saturated rings. The van der Waals surface area contributed by atoms with Gasteiger partial charge in [0.1, 0.15) is 5.92 Å². The molecule has 0 unspecified atom stereocenters. The zero-order chi connectivity index (χ0) is 22.0. The lowest BCUT2D eigenvalue weighted by molar-refractivity contribution is -0.154. The van der Waals surface area contributed by atoms with Crippen LogP contribution in [0.3, 0.4) is 0 Å². The third kappa shape index (κ3) is 6.62. The van der Waals surface area contributed by atoms with Crippen molar-refractivity contribution in [1.29, 1.82) is 0 Å². The van der Waals surface area contributed by atoms with Crippen molar-refractivity contribution < 1.29 is 33.4 Å². The molecule has 0 saturated heterocycles. The van der Waals surface area contributed by atoms with E-state index < -0.39 is 36.3 Å². The van der Waals surface area contributed by atoms with E-state index in [1.165, 1.54) is 0 Å². The van der Waals surface area contributed by atoms with E-state index in [-0.39, 0.29) is 24.4 Å². The first-order valence-electron chi connectivity index (χ1n) is 9.74. The maximum Gasteiger partial charge on any atom is 0.337 e. The number of rotatable bonds is 10. The number of dihydropyridines is 1. The van der Waals surface area contributed by atoms with Crippen LogP contribution in [0.1, 0.15) is 47.5 Å². The lowest BCUT2D eigenvalue weighted by Crippen LogP contribution is -2.39. The Morgan fingerprint density at radius 3 is 1.86 bits per heavy atom. The van der Waals surface area contributed by atoms with Crippen LogP contribution in [0.2, 0.25) is 0 Å². The number of hydrogen-bond acceptors (Lipinski definition) is 8. The third-order valence-electron chi connectivity index (χ3n) is 4.18. The summed E-state index contributed by atoms with van der Waals surface area (Å²) in [5.41, 5.74) is 0.639. The van der Waals surface area contributed by atoms with Crippen LogP contribution in [0.4, 0.5) is 0 Å². The Morgan fingerprint density at radius 1 is 0.897 bits per heavy atom. The van der Waals surface area contributed by atoms with E-state index in [1.54, 1.807) is 27.7 Å². The average molecular weight is 410 g/mol. The second kappa shape index (κ2) is 11.9. The van der Waals surface area contributed by atoms with Crippen molar-refractivity contribution >= 4 is 23.8 Å². The van der Waals surface area contributed by atoms with Gasteiger partial charge in [0.15, 0.2) is 6.61 Å². The second-order valence-corrected chi connectivity index (χ2v) is 6.39. The molecular formula is C20H30N2O7. The minimum atomic E-state index is -1.35. The van der Waals surface area contributed by atoms with Crippen LogP contribution in [0.15, 0.2) is 22.5 Å². The first-order valence-corrected chi connectivity index (χ1v) is 9.74. The largest absolute Gasteiger partial charge is 0.463 e. The summed E-state index contributed by atoms with van der Waals surface area (Å²) in [5, 5.41) is 5.54. The zero-order valence-electron chi connectivity index (χ0n) is 17.7. The minimum Gasteiger partial charge on any atom is -0.463 e. The first-order chi connectivity index (χ1) is 13.8. The van der Waals surface area contributed by atoms with Crippen molar-refractivity contribution in [2.24, 2.45) is 5.92 Å². The van der Waals surface area contributed by atoms with Crippen molar-refractivity contribution in [2.45, 2.75) is 47.5 Å². The van der Waals surface area contributed by atoms with Gasteiger partial charge in [-0.15, -0.1) is 0 Å². The molecule has 1 aliphatic heterocycles. The van der Waals surface area contributed by atoms with Gasteiger partial charge in [-0.1, -0.05) is 13.3 Å². The minimum absolute atomic E-state index is 0.0445. The molecule has 0 aromatic carbocycles. The number of hydrogen-bond donors (Lipinski definition) is 2. The molecule has 0 aromatic rings. The molecule has 0 aliphatic carbocycles. The van der Waals surface area contributed by atoms with Gasteiger partial charge in [-0.3, -0.25) is 9.59 Å². The Morgan fingerprint density at radius 2 is 1.41 bits per heavy atom. The van der Waals surface area contributed by atoms with Crippen molar-refractivity contribution in [1.82, 2.24) is 10.6 Å². The normalized spacial score (nSPS) is 14.2. The fourth-order valence-electron chi connectivity index (χ4n) is 2.86. The fraction of sp³-hybridized carbons (Fsp3) is 0.600. The highest BCUT2D eigenvalue weighted by atomic mass is 16.5. The summed E-state index contributed by atoms with van der Waals surface area (Å²) >= 11 is 0. The number of nitrogens with one attached hydrogen (secondary N) is 2. The van der Waals surface area contributed by atoms with Crippen molar-refractivity contribution in [2.75, 3.05) is 26.4 Å². The summed E-state index contributed by atoms with van der Waals surface area (Å²) < 4.78 is 15.2. The summed E-state index contributed by atoms with van der Waals surface area (Å²) in [5.74, 6) is -4.21. The van der Waals surface area contributed by atoms with Crippen LogP contribution in [-0.4, -0.2) is 50.2 Å². The van der Waals surface area contributed by atoms with Gasteiger partial charge in [-0.2, -0.15) is 0 Å². The van der Waals surface area contributed by atoms with Gasteiger partial charge in [0, 0.05) is 17.9 Å². The molecule has 1 rings (SSSR count).